The van der Waals surface area contributed by atoms with Crippen molar-refractivity contribution in [1.82, 2.24) is 0 Å². The lowest BCUT2D eigenvalue weighted by atomic mass is 9.82. The summed E-state index contributed by atoms with van der Waals surface area (Å²) in [6.45, 7) is 3.85. The van der Waals surface area contributed by atoms with E-state index in [1.165, 1.54) is 0 Å². The minimum atomic E-state index is -0.0157. The van der Waals surface area contributed by atoms with Crippen LogP contribution in [0.4, 0.5) is 0 Å². The third-order valence-electron chi connectivity index (χ3n) is 3.52. The maximum atomic E-state index is 11.6. The predicted octanol–water partition coefficient (Wildman–Crippen LogP) is 3.95. The number of ether oxygens (including phenoxy) is 1. The number of allylic oxidation sites excluding steroid dienone is 3. The first kappa shape index (κ1) is 15.2. The molecule has 0 aliphatic heterocycles. The molecule has 0 radical (unpaired) electrons. The Morgan fingerprint density at radius 1 is 1.19 bits per heavy atom. The van der Waals surface area contributed by atoms with Crippen molar-refractivity contribution in [3.05, 3.63) is 53.8 Å². The Morgan fingerprint density at radius 2 is 1.90 bits per heavy atom. The average molecular weight is 284 g/mol. The number of ketones is 2. The van der Waals surface area contributed by atoms with Gasteiger partial charge in [-0.05, 0) is 49.6 Å². The van der Waals surface area contributed by atoms with Gasteiger partial charge in [-0.1, -0.05) is 18.2 Å². The molecule has 0 unspecified atom stereocenters. The molecule has 21 heavy (non-hydrogen) atoms. The summed E-state index contributed by atoms with van der Waals surface area (Å²) >= 11 is 0. The standard InChI is InChI=1S/C18H20O3/c1-3-6-17(4-2)21-18-8-5-7-13(11-18)14-9-15(19)12-16(20)10-14/h3-8,11,14H,9-10,12H2,1-2H3/b6-3-,17-4+. The summed E-state index contributed by atoms with van der Waals surface area (Å²) in [6, 6.07) is 7.65. The molecule has 0 saturated heterocycles. The molecular weight excluding hydrogens is 264 g/mol. The van der Waals surface area contributed by atoms with Crippen LogP contribution >= 0.6 is 0 Å². The molecule has 1 aliphatic rings. The van der Waals surface area contributed by atoms with Gasteiger partial charge < -0.3 is 4.74 Å². The highest BCUT2D eigenvalue weighted by molar-refractivity contribution is 6.02. The van der Waals surface area contributed by atoms with Crippen LogP contribution in [0.5, 0.6) is 5.75 Å². The maximum absolute atomic E-state index is 11.6. The Bertz CT molecular complexity index is 580. The number of carbonyl (C=O) groups is 2. The molecule has 0 N–H and O–H groups in total. The van der Waals surface area contributed by atoms with Crippen LogP contribution in [0.1, 0.15) is 44.6 Å². The molecule has 0 spiro atoms. The second-order valence-electron chi connectivity index (χ2n) is 5.22. The average Bonchev–Trinajstić information content (AvgIpc) is 2.46. The van der Waals surface area contributed by atoms with Gasteiger partial charge in [0.15, 0.2) is 0 Å². The van der Waals surface area contributed by atoms with Crippen molar-refractivity contribution >= 4 is 11.6 Å². The van der Waals surface area contributed by atoms with Crippen molar-refractivity contribution in [3.63, 3.8) is 0 Å². The highest BCUT2D eigenvalue weighted by Crippen LogP contribution is 2.31. The van der Waals surface area contributed by atoms with Crippen molar-refractivity contribution in [2.45, 2.75) is 39.0 Å². The van der Waals surface area contributed by atoms with Crippen molar-refractivity contribution in [1.29, 1.82) is 0 Å². The SMILES string of the molecule is C/C=C\C(=C/C)Oc1cccc(C2CC(=O)CC(=O)C2)c1. The van der Waals surface area contributed by atoms with Crippen LogP contribution in [0.25, 0.3) is 0 Å². The van der Waals surface area contributed by atoms with Crippen molar-refractivity contribution in [2.75, 3.05) is 0 Å². The third kappa shape index (κ3) is 4.15. The Morgan fingerprint density at radius 3 is 2.52 bits per heavy atom. The molecule has 0 bridgehead atoms. The largest absolute Gasteiger partial charge is 0.458 e. The molecule has 1 aromatic rings. The fourth-order valence-electron chi connectivity index (χ4n) is 2.54. The van der Waals surface area contributed by atoms with Crippen molar-refractivity contribution in [2.24, 2.45) is 0 Å². The van der Waals surface area contributed by atoms with Crippen LogP contribution in [0, 0.1) is 0 Å². The van der Waals surface area contributed by atoms with Gasteiger partial charge in [-0.25, -0.2) is 0 Å². The van der Waals surface area contributed by atoms with Gasteiger partial charge in [-0.2, -0.15) is 0 Å². The molecular formula is C18H20O3. The van der Waals surface area contributed by atoms with E-state index in [1.54, 1.807) is 0 Å². The normalized spacial score (nSPS) is 17.5. The molecule has 1 fully saturated rings. The molecule has 0 atom stereocenters. The van der Waals surface area contributed by atoms with Crippen LogP contribution < -0.4 is 4.74 Å². The van der Waals surface area contributed by atoms with Gasteiger partial charge in [0, 0.05) is 12.8 Å². The number of Topliss-reactive ketones (excluding diaryl/α,β-unsaturated/α-hetero) is 2. The van der Waals surface area contributed by atoms with Gasteiger partial charge in [0.1, 0.15) is 23.1 Å². The molecule has 2 rings (SSSR count). The molecule has 0 amide bonds. The van der Waals surface area contributed by atoms with Crippen molar-refractivity contribution < 1.29 is 14.3 Å². The number of carbonyl (C=O) groups excluding carboxylic acids is 2. The molecule has 3 heteroatoms. The van der Waals surface area contributed by atoms with E-state index in [4.69, 9.17) is 4.74 Å². The summed E-state index contributed by atoms with van der Waals surface area (Å²) < 4.78 is 5.79. The van der Waals surface area contributed by atoms with Gasteiger partial charge in [-0.15, -0.1) is 0 Å². The smallest absolute Gasteiger partial charge is 0.140 e. The van der Waals surface area contributed by atoms with E-state index < -0.39 is 0 Å². The molecule has 1 saturated carbocycles. The van der Waals surface area contributed by atoms with E-state index in [1.807, 2.05) is 56.3 Å². The summed E-state index contributed by atoms with van der Waals surface area (Å²) in [4.78, 5) is 23.2. The maximum Gasteiger partial charge on any atom is 0.140 e. The Kier molecular flexibility index (Phi) is 5.09. The van der Waals surface area contributed by atoms with Crippen LogP contribution in [0.15, 0.2) is 48.3 Å². The van der Waals surface area contributed by atoms with Gasteiger partial charge in [-0.3, -0.25) is 9.59 Å². The Hall–Kier alpha value is -2.16. The number of rotatable bonds is 4. The van der Waals surface area contributed by atoms with Gasteiger partial charge in [0.25, 0.3) is 0 Å². The monoisotopic (exact) mass is 284 g/mol. The number of hydrogen-bond acceptors (Lipinski definition) is 3. The lowest BCUT2D eigenvalue weighted by molar-refractivity contribution is -0.130. The summed E-state index contributed by atoms with van der Waals surface area (Å²) in [5, 5.41) is 0. The van der Waals surface area contributed by atoms with Crippen molar-refractivity contribution in [3.8, 4) is 5.75 Å². The minimum absolute atomic E-state index is 0.0157. The van der Waals surface area contributed by atoms with Gasteiger partial charge in [0.05, 0.1) is 6.42 Å². The number of hydrogen-bond donors (Lipinski definition) is 0. The van der Waals surface area contributed by atoms with E-state index in [9.17, 15) is 9.59 Å². The van der Waals surface area contributed by atoms with E-state index in [2.05, 4.69) is 0 Å². The Labute approximate surface area is 125 Å². The van der Waals surface area contributed by atoms with E-state index in [0.717, 1.165) is 17.1 Å². The first-order valence-electron chi connectivity index (χ1n) is 7.22. The molecule has 3 nitrogen and oxygen atoms in total. The van der Waals surface area contributed by atoms with Crippen LogP contribution in [0.3, 0.4) is 0 Å². The summed E-state index contributed by atoms with van der Waals surface area (Å²) in [7, 11) is 0. The fraction of sp³-hybridized carbons (Fsp3) is 0.333. The zero-order valence-corrected chi connectivity index (χ0v) is 12.5. The first-order valence-corrected chi connectivity index (χ1v) is 7.22. The van der Waals surface area contributed by atoms with E-state index in [0.29, 0.717) is 12.8 Å². The third-order valence-corrected chi connectivity index (χ3v) is 3.52. The molecule has 0 aromatic heterocycles. The van der Waals surface area contributed by atoms with Crippen LogP contribution in [0.2, 0.25) is 0 Å². The molecule has 1 aliphatic carbocycles. The number of benzene rings is 1. The topological polar surface area (TPSA) is 43.4 Å². The first-order chi connectivity index (χ1) is 10.1. The van der Waals surface area contributed by atoms with Gasteiger partial charge in [0.2, 0.25) is 0 Å². The van der Waals surface area contributed by atoms with E-state index >= 15 is 0 Å². The van der Waals surface area contributed by atoms with Gasteiger partial charge >= 0.3 is 0 Å². The van der Waals surface area contributed by atoms with Crippen LogP contribution in [-0.4, -0.2) is 11.6 Å². The quantitative estimate of drug-likeness (QED) is 0.477. The zero-order valence-electron chi connectivity index (χ0n) is 12.5. The highest BCUT2D eigenvalue weighted by atomic mass is 16.5. The summed E-state index contributed by atoms with van der Waals surface area (Å²) in [6.07, 6.45) is 6.68. The Balaban J connectivity index is 2.17. The predicted molar refractivity (Wildman–Crippen MR) is 82.2 cm³/mol. The second kappa shape index (κ2) is 7.02. The second-order valence-corrected chi connectivity index (χ2v) is 5.22. The summed E-state index contributed by atoms with van der Waals surface area (Å²) in [5.41, 5.74) is 0.991. The van der Waals surface area contributed by atoms with Crippen LogP contribution in [-0.2, 0) is 9.59 Å². The zero-order chi connectivity index (χ0) is 15.2. The minimum Gasteiger partial charge on any atom is -0.458 e. The lowest BCUT2D eigenvalue weighted by Crippen LogP contribution is -2.21. The highest BCUT2D eigenvalue weighted by Gasteiger charge is 2.26. The molecule has 110 valence electrons. The lowest BCUT2D eigenvalue weighted by Gasteiger charge is -2.20. The summed E-state index contributed by atoms with van der Waals surface area (Å²) in [5.74, 6) is 1.55. The fourth-order valence-corrected chi connectivity index (χ4v) is 2.54. The van der Waals surface area contributed by atoms with E-state index in [-0.39, 0.29) is 23.9 Å². The molecule has 0 heterocycles. The molecule has 1 aromatic carbocycles.